The van der Waals surface area contributed by atoms with E-state index in [9.17, 15) is 0 Å². The summed E-state index contributed by atoms with van der Waals surface area (Å²) in [7, 11) is 0. The molecule has 1 heterocycles. The first kappa shape index (κ1) is 17.8. The second kappa shape index (κ2) is 17.1. The minimum atomic E-state index is -0.454. The summed E-state index contributed by atoms with van der Waals surface area (Å²) >= 11 is 0. The van der Waals surface area contributed by atoms with Crippen LogP contribution in [0.1, 0.15) is 41.0 Å². The van der Waals surface area contributed by atoms with E-state index in [-0.39, 0.29) is 14.0 Å². The maximum Gasteiger partial charge on any atom is 0.154 e. The molecule has 1 atom stereocenters. The molecule has 0 aromatic heterocycles. The van der Waals surface area contributed by atoms with Crippen molar-refractivity contribution in [1.29, 1.82) is 0 Å². The van der Waals surface area contributed by atoms with Crippen LogP contribution in [0.4, 0.5) is 0 Å². The highest BCUT2D eigenvalue weighted by molar-refractivity contribution is 4.49. The van der Waals surface area contributed by atoms with Crippen LogP contribution in [0.25, 0.3) is 0 Å². The third-order valence-corrected chi connectivity index (χ3v) is 0.906. The van der Waals surface area contributed by atoms with Crippen LogP contribution in [0.5, 0.6) is 0 Å². The van der Waals surface area contributed by atoms with Gasteiger partial charge >= 0.3 is 0 Å². The first-order valence-corrected chi connectivity index (χ1v) is 4.21. The van der Waals surface area contributed by atoms with Gasteiger partial charge in [0.25, 0.3) is 0 Å². The van der Waals surface area contributed by atoms with Crippen LogP contribution < -0.4 is 0 Å². The van der Waals surface area contributed by atoms with Crippen LogP contribution in [-0.4, -0.2) is 29.7 Å². The predicted molar refractivity (Wildman–Crippen MR) is 52.0 cm³/mol. The zero-order valence-corrected chi connectivity index (χ0v) is 7.71. The molecule has 1 unspecified atom stereocenters. The van der Waals surface area contributed by atoms with Crippen molar-refractivity contribution in [2.45, 2.75) is 47.3 Å². The van der Waals surface area contributed by atoms with Crippen molar-refractivity contribution in [2.24, 2.45) is 0 Å². The number of hydrogen-bond donors (Lipinski definition) is 2. The molecule has 3 nitrogen and oxygen atoms in total. The van der Waals surface area contributed by atoms with Crippen LogP contribution in [0.3, 0.4) is 0 Å². The van der Waals surface area contributed by atoms with E-state index >= 15 is 0 Å². The molecule has 0 aromatic rings. The summed E-state index contributed by atoms with van der Waals surface area (Å²) in [5, 5.41) is 16.1. The molecule has 0 radical (unpaired) electrons. The van der Waals surface area contributed by atoms with E-state index in [4.69, 9.17) is 14.9 Å². The average molecular weight is 180 g/mol. The molecule has 1 saturated heterocycles. The van der Waals surface area contributed by atoms with E-state index in [1.54, 1.807) is 6.92 Å². The fourth-order valence-electron chi connectivity index (χ4n) is 0.561. The molecule has 0 bridgehead atoms. The minimum Gasteiger partial charge on any atom is -0.397 e. The summed E-state index contributed by atoms with van der Waals surface area (Å²) in [6, 6.07) is 0. The molecule has 1 rings (SSSR count). The second-order valence-electron chi connectivity index (χ2n) is 1.78. The van der Waals surface area contributed by atoms with Gasteiger partial charge in [-0.05, 0) is 13.3 Å². The third-order valence-electron chi connectivity index (χ3n) is 0.906. The molecule has 1 aliphatic heterocycles. The SMILES string of the molecule is C.CC.CCO.OC1CCCO1. The number of rotatable bonds is 0. The van der Waals surface area contributed by atoms with Gasteiger partial charge in [0.1, 0.15) is 0 Å². The summed E-state index contributed by atoms with van der Waals surface area (Å²) in [6.07, 6.45) is 1.38. The highest BCUT2D eigenvalue weighted by Gasteiger charge is 2.09. The molecule has 2 N–H and O–H groups in total. The van der Waals surface area contributed by atoms with Crippen LogP contribution in [-0.2, 0) is 4.74 Å². The number of aliphatic hydroxyl groups excluding tert-OH is 2. The van der Waals surface area contributed by atoms with Crippen LogP contribution in [0.15, 0.2) is 0 Å². The Morgan fingerprint density at radius 1 is 1.42 bits per heavy atom. The zero-order chi connectivity index (χ0) is 9.11. The second-order valence-corrected chi connectivity index (χ2v) is 1.78. The standard InChI is InChI=1S/C4H8O2.C2H6O.C2H6.CH4/c5-4-2-1-3-6-4;1-2-3;1-2;/h4-5H,1-3H2;3H,2H2,1H3;1-2H3;1H4. The minimum absolute atomic E-state index is 0. The Morgan fingerprint density at radius 2 is 1.83 bits per heavy atom. The van der Waals surface area contributed by atoms with E-state index in [1.807, 2.05) is 13.8 Å². The van der Waals surface area contributed by atoms with Crippen molar-refractivity contribution in [3.8, 4) is 0 Å². The molecule has 12 heavy (non-hydrogen) atoms. The van der Waals surface area contributed by atoms with Gasteiger partial charge in [0.05, 0.1) is 0 Å². The molecule has 1 fully saturated rings. The van der Waals surface area contributed by atoms with Crippen molar-refractivity contribution < 1.29 is 14.9 Å². The molecular formula is C9H24O3. The van der Waals surface area contributed by atoms with Gasteiger partial charge in [-0.2, -0.15) is 0 Å². The monoisotopic (exact) mass is 180 g/mol. The van der Waals surface area contributed by atoms with Crippen LogP contribution >= 0.6 is 0 Å². The van der Waals surface area contributed by atoms with Gasteiger partial charge in [-0.15, -0.1) is 0 Å². The molecular weight excluding hydrogens is 156 g/mol. The number of hydrogen-bond acceptors (Lipinski definition) is 3. The van der Waals surface area contributed by atoms with Crippen molar-refractivity contribution >= 4 is 0 Å². The predicted octanol–water partition coefficient (Wildman–Crippen LogP) is 1.78. The Morgan fingerprint density at radius 3 is 1.92 bits per heavy atom. The molecule has 0 aliphatic carbocycles. The maximum absolute atomic E-state index is 8.51. The Kier molecular flexibility index (Phi) is 25.4. The highest BCUT2D eigenvalue weighted by atomic mass is 16.6. The van der Waals surface area contributed by atoms with Crippen molar-refractivity contribution in [3.05, 3.63) is 0 Å². The van der Waals surface area contributed by atoms with Gasteiger partial charge in [-0.25, -0.2) is 0 Å². The van der Waals surface area contributed by atoms with Gasteiger partial charge < -0.3 is 14.9 Å². The lowest BCUT2D eigenvalue weighted by Gasteiger charge is -1.93. The molecule has 0 spiro atoms. The van der Waals surface area contributed by atoms with E-state index in [1.165, 1.54) is 0 Å². The number of aliphatic hydroxyl groups is 2. The molecule has 1 aliphatic rings. The summed E-state index contributed by atoms with van der Waals surface area (Å²) in [6.45, 7) is 6.67. The quantitative estimate of drug-likeness (QED) is 0.597. The summed E-state index contributed by atoms with van der Waals surface area (Å²) in [5.41, 5.74) is 0. The van der Waals surface area contributed by atoms with Crippen LogP contribution in [0.2, 0.25) is 0 Å². The molecule has 0 amide bonds. The first-order chi connectivity index (χ1) is 5.31. The Bertz CT molecular complexity index is 51.7. The van der Waals surface area contributed by atoms with Gasteiger partial charge in [-0.1, -0.05) is 21.3 Å². The lowest BCUT2D eigenvalue weighted by Crippen LogP contribution is -1.99. The summed E-state index contributed by atoms with van der Waals surface area (Å²) < 4.78 is 4.71. The Balaban J connectivity index is -0.000000119. The normalized spacial score (nSPS) is 19.2. The third kappa shape index (κ3) is 16.5. The lowest BCUT2D eigenvalue weighted by molar-refractivity contribution is -0.0589. The molecule has 3 heteroatoms. The maximum atomic E-state index is 8.51. The highest BCUT2D eigenvalue weighted by Crippen LogP contribution is 2.06. The van der Waals surface area contributed by atoms with E-state index in [0.29, 0.717) is 0 Å². The van der Waals surface area contributed by atoms with Crippen molar-refractivity contribution in [1.82, 2.24) is 0 Å². The van der Waals surface area contributed by atoms with Crippen molar-refractivity contribution in [3.63, 3.8) is 0 Å². The van der Waals surface area contributed by atoms with Gasteiger partial charge in [-0.3, -0.25) is 0 Å². The fourth-order valence-corrected chi connectivity index (χ4v) is 0.561. The average Bonchev–Trinajstić information content (AvgIpc) is 2.46. The van der Waals surface area contributed by atoms with Gasteiger partial charge in [0.2, 0.25) is 0 Å². The smallest absolute Gasteiger partial charge is 0.154 e. The van der Waals surface area contributed by atoms with E-state index in [0.717, 1.165) is 19.4 Å². The number of ether oxygens (including phenoxy) is 1. The van der Waals surface area contributed by atoms with E-state index < -0.39 is 6.29 Å². The summed E-state index contributed by atoms with van der Waals surface area (Å²) in [5.74, 6) is 0. The van der Waals surface area contributed by atoms with Gasteiger partial charge in [0, 0.05) is 19.6 Å². The van der Waals surface area contributed by atoms with Crippen molar-refractivity contribution in [2.75, 3.05) is 13.2 Å². The molecule has 78 valence electrons. The van der Waals surface area contributed by atoms with Gasteiger partial charge in [0.15, 0.2) is 6.29 Å². The lowest BCUT2D eigenvalue weighted by atomic mass is 10.4. The first-order valence-electron chi connectivity index (χ1n) is 4.21. The fraction of sp³-hybridized carbons (Fsp3) is 1.00. The van der Waals surface area contributed by atoms with E-state index in [2.05, 4.69) is 0 Å². The molecule has 0 saturated carbocycles. The summed E-state index contributed by atoms with van der Waals surface area (Å²) in [4.78, 5) is 0. The molecule has 0 aromatic carbocycles. The Hall–Kier alpha value is -0.120. The van der Waals surface area contributed by atoms with Crippen LogP contribution in [0, 0.1) is 0 Å². The largest absolute Gasteiger partial charge is 0.397 e. The zero-order valence-electron chi connectivity index (χ0n) is 7.71. The Labute approximate surface area is 76.4 Å². The topological polar surface area (TPSA) is 49.7 Å².